The third-order valence-corrected chi connectivity index (χ3v) is 3.12. The fourth-order valence-corrected chi connectivity index (χ4v) is 2.21. The summed E-state index contributed by atoms with van der Waals surface area (Å²) in [7, 11) is -3.59. The maximum atomic E-state index is 11.1. The van der Waals surface area contributed by atoms with Crippen molar-refractivity contribution in [3.63, 3.8) is 0 Å². The predicted molar refractivity (Wildman–Crippen MR) is 74.6 cm³/mol. The molecular weight excluding hydrogens is 294 g/mol. The first kappa shape index (κ1) is 14.6. The highest BCUT2D eigenvalue weighted by Gasteiger charge is 2.07. The molecule has 9 nitrogen and oxygen atoms in total. The quantitative estimate of drug-likeness (QED) is 0.656. The maximum Gasteiger partial charge on any atom is 0.216 e. The number of nitrogens with zero attached hydrogens (tertiary/aromatic N) is 4. The van der Waals surface area contributed by atoms with Gasteiger partial charge in [-0.1, -0.05) is 12.1 Å². The second kappa shape index (κ2) is 6.12. The van der Waals surface area contributed by atoms with Gasteiger partial charge >= 0.3 is 0 Å². The lowest BCUT2D eigenvalue weighted by Gasteiger charge is -2.04. The van der Waals surface area contributed by atoms with Crippen LogP contribution in [-0.2, 0) is 15.8 Å². The average molecular weight is 305 g/mol. The van der Waals surface area contributed by atoms with Gasteiger partial charge in [-0.2, -0.15) is 10.5 Å². The fourth-order valence-electron chi connectivity index (χ4n) is 1.56. The number of aromatic nitrogens is 4. The summed E-state index contributed by atoms with van der Waals surface area (Å²) >= 11 is 0. The molecule has 0 amide bonds. The highest BCUT2D eigenvalue weighted by atomic mass is 32.2. The van der Waals surface area contributed by atoms with E-state index in [4.69, 9.17) is 10.4 Å². The van der Waals surface area contributed by atoms with Gasteiger partial charge in [-0.15, -0.1) is 10.2 Å². The van der Waals surface area contributed by atoms with Crippen LogP contribution in [0.5, 0.6) is 0 Å². The van der Waals surface area contributed by atoms with Gasteiger partial charge < -0.3 is 5.32 Å². The Bertz CT molecular complexity index is 790. The number of benzene rings is 1. The summed E-state index contributed by atoms with van der Waals surface area (Å²) in [5.41, 5.74) is 1.32. The van der Waals surface area contributed by atoms with Crippen LogP contribution < -0.4 is 10.5 Å². The Labute approximate surface area is 120 Å². The minimum absolute atomic E-state index is 0.158. The lowest BCUT2D eigenvalue weighted by atomic mass is 10.2. The molecule has 0 spiro atoms. The van der Waals surface area contributed by atoms with Crippen molar-refractivity contribution >= 4 is 21.3 Å². The van der Waals surface area contributed by atoms with Crippen LogP contribution in [-0.4, -0.2) is 29.0 Å². The first-order valence-corrected chi connectivity index (χ1v) is 7.39. The first-order chi connectivity index (χ1) is 9.98. The average Bonchev–Trinajstić information content (AvgIpc) is 2.92. The summed E-state index contributed by atoms with van der Waals surface area (Å²) < 4.78 is 22.1. The van der Waals surface area contributed by atoms with Crippen LogP contribution in [0.4, 0.5) is 5.69 Å². The van der Waals surface area contributed by atoms with Gasteiger partial charge in [0.2, 0.25) is 15.8 Å². The number of nitrogens with two attached hydrogens (primary N) is 1. The van der Waals surface area contributed by atoms with E-state index in [1.165, 1.54) is 6.20 Å². The van der Waals surface area contributed by atoms with Crippen molar-refractivity contribution in [3.05, 3.63) is 41.9 Å². The topological polar surface area (TPSA) is 150 Å². The highest BCUT2D eigenvalue weighted by molar-refractivity contribution is 7.88. The lowest BCUT2D eigenvalue weighted by Crippen LogP contribution is -2.14. The standard InChI is InChI=1S/C11H11N7O2S/c12-5-9(11-15-17-18-16-11)6-14-10-3-1-2-8(4-10)7-21(13,19)20/h1-4,6,14H,7H2,(H2,13,19,20)(H,15,16,17,18). The zero-order chi connectivity index (χ0) is 15.3. The van der Waals surface area contributed by atoms with E-state index < -0.39 is 10.0 Å². The number of rotatable bonds is 5. The molecule has 10 heteroatoms. The first-order valence-electron chi connectivity index (χ1n) is 5.68. The van der Waals surface area contributed by atoms with Gasteiger partial charge in [0.25, 0.3) is 0 Å². The molecule has 0 saturated heterocycles. The van der Waals surface area contributed by atoms with Crippen LogP contribution in [0.25, 0.3) is 5.57 Å². The maximum absolute atomic E-state index is 11.1. The summed E-state index contributed by atoms with van der Waals surface area (Å²) in [6, 6.07) is 8.58. The molecule has 2 rings (SSSR count). The van der Waals surface area contributed by atoms with Gasteiger partial charge in [-0.25, -0.2) is 13.6 Å². The van der Waals surface area contributed by atoms with Crippen molar-refractivity contribution in [1.82, 2.24) is 20.6 Å². The normalized spacial score (nSPS) is 11.9. The van der Waals surface area contributed by atoms with Crippen LogP contribution in [0.2, 0.25) is 0 Å². The number of nitrogens with one attached hydrogen (secondary N) is 2. The van der Waals surface area contributed by atoms with Crippen molar-refractivity contribution in [1.29, 1.82) is 5.26 Å². The molecule has 0 unspecified atom stereocenters. The molecule has 21 heavy (non-hydrogen) atoms. The van der Waals surface area contributed by atoms with Crippen LogP contribution >= 0.6 is 0 Å². The number of hydrogen-bond acceptors (Lipinski definition) is 7. The van der Waals surface area contributed by atoms with Crippen LogP contribution in [0, 0.1) is 11.3 Å². The number of H-pyrrole nitrogens is 1. The molecule has 0 radical (unpaired) electrons. The number of tetrazole rings is 1. The number of hydrogen-bond donors (Lipinski definition) is 3. The number of primary sulfonamides is 1. The van der Waals surface area contributed by atoms with E-state index in [1.54, 1.807) is 24.3 Å². The molecular formula is C11H11N7O2S. The zero-order valence-electron chi connectivity index (χ0n) is 10.7. The summed E-state index contributed by atoms with van der Waals surface area (Å²) in [6.07, 6.45) is 1.40. The number of nitriles is 1. The van der Waals surface area contributed by atoms with E-state index in [2.05, 4.69) is 25.9 Å². The predicted octanol–water partition coefficient (Wildman–Crippen LogP) is -0.0352. The van der Waals surface area contributed by atoms with Gasteiger partial charge in [-0.05, 0) is 22.9 Å². The molecule has 0 aliphatic carbocycles. The minimum Gasteiger partial charge on any atom is -0.360 e. The zero-order valence-corrected chi connectivity index (χ0v) is 11.5. The van der Waals surface area contributed by atoms with Crippen molar-refractivity contribution in [3.8, 4) is 6.07 Å². The molecule has 1 heterocycles. The van der Waals surface area contributed by atoms with Crippen molar-refractivity contribution in [2.75, 3.05) is 5.32 Å². The SMILES string of the molecule is N#CC(=CNc1cccc(CS(N)(=O)=O)c1)c1nn[nH]n1. The summed E-state index contributed by atoms with van der Waals surface area (Å²) in [5.74, 6) is -0.104. The molecule has 0 fully saturated rings. The minimum atomic E-state index is -3.59. The van der Waals surface area contributed by atoms with Gasteiger partial charge in [0, 0.05) is 11.9 Å². The summed E-state index contributed by atoms with van der Waals surface area (Å²) in [5, 5.41) is 29.9. The molecule has 0 bridgehead atoms. The van der Waals surface area contributed by atoms with E-state index in [0.29, 0.717) is 11.3 Å². The van der Waals surface area contributed by atoms with Crippen molar-refractivity contribution < 1.29 is 8.42 Å². The molecule has 1 aromatic heterocycles. The van der Waals surface area contributed by atoms with Crippen molar-refractivity contribution in [2.24, 2.45) is 5.14 Å². The Morgan fingerprint density at radius 3 is 2.95 bits per heavy atom. The van der Waals surface area contributed by atoms with Crippen LogP contribution in [0.15, 0.2) is 30.5 Å². The second-order valence-corrected chi connectivity index (χ2v) is 5.67. The number of allylic oxidation sites excluding steroid dienone is 1. The Morgan fingerprint density at radius 2 is 2.33 bits per heavy atom. The third kappa shape index (κ3) is 4.37. The highest BCUT2D eigenvalue weighted by Crippen LogP contribution is 2.14. The molecule has 4 N–H and O–H groups in total. The van der Waals surface area contributed by atoms with Crippen LogP contribution in [0.1, 0.15) is 11.4 Å². The smallest absolute Gasteiger partial charge is 0.216 e. The molecule has 2 aromatic rings. The largest absolute Gasteiger partial charge is 0.360 e. The number of sulfonamides is 1. The molecule has 0 aliphatic rings. The Hall–Kier alpha value is -2.77. The fraction of sp³-hybridized carbons (Fsp3) is 0.0909. The van der Waals surface area contributed by atoms with Crippen molar-refractivity contribution in [2.45, 2.75) is 5.75 Å². The summed E-state index contributed by atoms with van der Waals surface area (Å²) in [4.78, 5) is 0. The monoisotopic (exact) mass is 305 g/mol. The van der Waals surface area contributed by atoms with Gasteiger partial charge in [0.1, 0.15) is 11.6 Å². The van der Waals surface area contributed by atoms with E-state index in [-0.39, 0.29) is 17.2 Å². The lowest BCUT2D eigenvalue weighted by molar-refractivity contribution is 0.597. The van der Waals surface area contributed by atoms with Crippen LogP contribution in [0.3, 0.4) is 0 Å². The molecule has 1 aromatic carbocycles. The van der Waals surface area contributed by atoms with E-state index in [0.717, 1.165) is 0 Å². The van der Waals surface area contributed by atoms with Gasteiger partial charge in [0.15, 0.2) is 0 Å². The molecule has 0 saturated carbocycles. The van der Waals surface area contributed by atoms with Gasteiger partial charge in [0.05, 0.1) is 5.75 Å². The van der Waals surface area contributed by atoms with E-state index in [9.17, 15) is 8.42 Å². The number of aromatic amines is 1. The van der Waals surface area contributed by atoms with Gasteiger partial charge in [-0.3, -0.25) is 0 Å². The molecule has 0 aliphatic heterocycles. The Balaban J connectivity index is 2.17. The van der Waals surface area contributed by atoms with E-state index in [1.807, 2.05) is 6.07 Å². The Morgan fingerprint density at radius 1 is 1.52 bits per heavy atom. The third-order valence-electron chi connectivity index (χ3n) is 2.38. The Kier molecular flexibility index (Phi) is 4.27. The number of anilines is 1. The van der Waals surface area contributed by atoms with E-state index >= 15 is 0 Å². The second-order valence-electron chi connectivity index (χ2n) is 4.06. The summed E-state index contributed by atoms with van der Waals surface area (Å²) in [6.45, 7) is 0. The molecule has 0 atom stereocenters. The molecule has 108 valence electrons.